The van der Waals surface area contributed by atoms with Crippen molar-refractivity contribution in [1.29, 1.82) is 0 Å². The molecule has 13 heavy (non-hydrogen) atoms. The number of nitrogens with two attached hydrogens (primary N) is 1. The van der Waals surface area contributed by atoms with Gasteiger partial charge in [0.1, 0.15) is 0 Å². The Morgan fingerprint density at radius 2 is 2.23 bits per heavy atom. The lowest BCUT2D eigenvalue weighted by atomic mass is 10.1. The van der Waals surface area contributed by atoms with Crippen LogP contribution in [0.3, 0.4) is 0 Å². The van der Waals surface area contributed by atoms with E-state index in [9.17, 15) is 4.79 Å². The lowest BCUT2D eigenvalue weighted by Gasteiger charge is -2.06. The quantitative estimate of drug-likeness (QED) is 0.784. The van der Waals surface area contributed by atoms with Gasteiger partial charge in [-0.1, -0.05) is 6.92 Å². The highest BCUT2D eigenvalue weighted by Gasteiger charge is 2.11. The van der Waals surface area contributed by atoms with E-state index in [1.54, 1.807) is 6.07 Å². The molecule has 0 aliphatic carbocycles. The van der Waals surface area contributed by atoms with Gasteiger partial charge in [0, 0.05) is 10.2 Å². The first-order valence-corrected chi connectivity index (χ1v) is 4.66. The van der Waals surface area contributed by atoms with Crippen LogP contribution in [0.2, 0.25) is 0 Å². The molecule has 0 saturated heterocycles. The molecule has 0 unspecified atom stereocenters. The second kappa shape index (κ2) is 3.79. The summed E-state index contributed by atoms with van der Waals surface area (Å²) < 4.78 is 0.622. The molecule has 0 amide bonds. The molecular formula is C9H10BrNO2. The molecule has 3 nitrogen and oxygen atoms in total. The molecule has 4 heteroatoms. The Labute approximate surface area is 84.7 Å². The van der Waals surface area contributed by atoms with Crippen molar-refractivity contribution in [1.82, 2.24) is 0 Å². The number of nitrogen functional groups attached to an aromatic ring is 1. The van der Waals surface area contributed by atoms with E-state index in [2.05, 4.69) is 15.9 Å². The van der Waals surface area contributed by atoms with Crippen LogP contribution in [-0.2, 0) is 6.42 Å². The first-order valence-electron chi connectivity index (χ1n) is 3.87. The fourth-order valence-corrected chi connectivity index (χ4v) is 1.80. The average molecular weight is 244 g/mol. The summed E-state index contributed by atoms with van der Waals surface area (Å²) in [4.78, 5) is 10.8. The maximum absolute atomic E-state index is 10.8. The van der Waals surface area contributed by atoms with Gasteiger partial charge in [0.15, 0.2) is 0 Å². The zero-order valence-corrected chi connectivity index (χ0v) is 8.76. The monoisotopic (exact) mass is 243 g/mol. The normalized spacial score (nSPS) is 10.0. The summed E-state index contributed by atoms with van der Waals surface area (Å²) in [6.45, 7) is 1.95. The Hall–Kier alpha value is -1.03. The molecule has 0 bridgehead atoms. The minimum Gasteiger partial charge on any atom is -0.478 e. The van der Waals surface area contributed by atoms with E-state index in [0.717, 1.165) is 12.0 Å². The fourth-order valence-electron chi connectivity index (χ4n) is 1.12. The number of halogens is 1. The molecule has 1 aromatic rings. The predicted octanol–water partition coefficient (Wildman–Crippen LogP) is 2.29. The molecule has 1 rings (SSSR count). The fraction of sp³-hybridized carbons (Fsp3) is 0.222. The van der Waals surface area contributed by atoms with Crippen molar-refractivity contribution in [3.8, 4) is 0 Å². The minimum atomic E-state index is -0.964. The molecule has 1 aromatic carbocycles. The van der Waals surface area contributed by atoms with Crippen LogP contribution in [0, 0.1) is 0 Å². The summed E-state index contributed by atoms with van der Waals surface area (Å²) in [5.41, 5.74) is 7.17. The topological polar surface area (TPSA) is 63.3 Å². The summed E-state index contributed by atoms with van der Waals surface area (Å²) in [5.74, 6) is -0.964. The van der Waals surface area contributed by atoms with Crippen molar-refractivity contribution in [2.45, 2.75) is 13.3 Å². The van der Waals surface area contributed by atoms with Gasteiger partial charge in [-0.15, -0.1) is 0 Å². The van der Waals surface area contributed by atoms with E-state index in [-0.39, 0.29) is 5.56 Å². The highest BCUT2D eigenvalue weighted by atomic mass is 79.9. The number of carboxylic acids is 1. The van der Waals surface area contributed by atoms with Crippen LogP contribution in [0.25, 0.3) is 0 Å². The lowest BCUT2D eigenvalue weighted by molar-refractivity contribution is 0.0696. The number of carboxylic acid groups (broad SMARTS) is 1. The molecule has 0 fully saturated rings. The van der Waals surface area contributed by atoms with Gasteiger partial charge >= 0.3 is 5.97 Å². The first kappa shape index (κ1) is 10.1. The summed E-state index contributed by atoms with van der Waals surface area (Å²) in [6, 6.07) is 3.22. The van der Waals surface area contributed by atoms with E-state index < -0.39 is 5.97 Å². The van der Waals surface area contributed by atoms with Crippen LogP contribution in [0.1, 0.15) is 22.8 Å². The Balaban J connectivity index is 3.35. The minimum absolute atomic E-state index is 0.219. The van der Waals surface area contributed by atoms with Crippen molar-refractivity contribution < 1.29 is 9.90 Å². The maximum Gasteiger partial charge on any atom is 0.336 e. The zero-order chi connectivity index (χ0) is 10.0. The Bertz CT molecular complexity index is 350. The third kappa shape index (κ3) is 2.01. The molecule has 0 atom stereocenters. The van der Waals surface area contributed by atoms with Crippen LogP contribution < -0.4 is 5.73 Å². The van der Waals surface area contributed by atoms with Gasteiger partial charge in [0.05, 0.1) is 5.56 Å². The number of anilines is 1. The summed E-state index contributed by atoms with van der Waals surface area (Å²) >= 11 is 3.24. The van der Waals surface area contributed by atoms with Crippen LogP contribution in [0.4, 0.5) is 5.69 Å². The maximum atomic E-state index is 10.8. The Kier molecular flexibility index (Phi) is 2.93. The molecule has 70 valence electrons. The molecule has 3 N–H and O–H groups in total. The van der Waals surface area contributed by atoms with Crippen LogP contribution in [0.5, 0.6) is 0 Å². The second-order valence-electron chi connectivity index (χ2n) is 2.70. The van der Waals surface area contributed by atoms with E-state index in [0.29, 0.717) is 10.2 Å². The standard InChI is InChI=1S/C9H10BrNO2/c1-2-5-3-6(11)4-7(8(5)10)9(12)13/h3-4H,2,11H2,1H3,(H,12,13). The highest BCUT2D eigenvalue weighted by molar-refractivity contribution is 9.10. The number of aromatic carboxylic acids is 1. The Morgan fingerprint density at radius 1 is 1.62 bits per heavy atom. The summed E-state index contributed by atoms with van der Waals surface area (Å²) in [5, 5.41) is 8.82. The molecule has 0 aliphatic rings. The molecule has 0 radical (unpaired) electrons. The van der Waals surface area contributed by atoms with Crippen LogP contribution in [-0.4, -0.2) is 11.1 Å². The average Bonchev–Trinajstić information content (AvgIpc) is 2.08. The SMILES string of the molecule is CCc1cc(N)cc(C(=O)O)c1Br. The number of rotatable bonds is 2. The number of benzene rings is 1. The van der Waals surface area contributed by atoms with Crippen molar-refractivity contribution in [3.05, 3.63) is 27.7 Å². The van der Waals surface area contributed by atoms with Gasteiger partial charge in [-0.2, -0.15) is 0 Å². The summed E-state index contributed by atoms with van der Waals surface area (Å²) in [7, 11) is 0. The predicted molar refractivity (Wildman–Crippen MR) is 54.9 cm³/mol. The third-order valence-corrected chi connectivity index (χ3v) is 2.72. The third-order valence-electron chi connectivity index (χ3n) is 1.78. The number of aryl methyl sites for hydroxylation is 1. The van der Waals surface area contributed by atoms with Gasteiger partial charge in [-0.25, -0.2) is 4.79 Å². The molecule has 0 aliphatic heterocycles. The van der Waals surface area contributed by atoms with E-state index >= 15 is 0 Å². The van der Waals surface area contributed by atoms with Gasteiger partial charge in [-0.3, -0.25) is 0 Å². The van der Waals surface area contributed by atoms with E-state index in [1.807, 2.05) is 6.92 Å². The van der Waals surface area contributed by atoms with Crippen molar-refractivity contribution in [2.24, 2.45) is 0 Å². The van der Waals surface area contributed by atoms with Gasteiger partial charge in [0.2, 0.25) is 0 Å². The molecule has 0 aromatic heterocycles. The highest BCUT2D eigenvalue weighted by Crippen LogP contribution is 2.25. The number of carbonyl (C=O) groups is 1. The van der Waals surface area contributed by atoms with Gasteiger partial charge in [-0.05, 0) is 40.0 Å². The van der Waals surface area contributed by atoms with Crippen LogP contribution in [0.15, 0.2) is 16.6 Å². The molecule has 0 spiro atoms. The Morgan fingerprint density at radius 3 is 2.69 bits per heavy atom. The summed E-state index contributed by atoms with van der Waals surface area (Å²) in [6.07, 6.45) is 0.756. The second-order valence-corrected chi connectivity index (χ2v) is 3.49. The van der Waals surface area contributed by atoms with Crippen LogP contribution >= 0.6 is 15.9 Å². The smallest absolute Gasteiger partial charge is 0.336 e. The lowest BCUT2D eigenvalue weighted by Crippen LogP contribution is -2.02. The van der Waals surface area contributed by atoms with E-state index in [4.69, 9.17) is 10.8 Å². The van der Waals surface area contributed by atoms with Gasteiger partial charge in [0.25, 0.3) is 0 Å². The number of hydrogen-bond donors (Lipinski definition) is 2. The van der Waals surface area contributed by atoms with Crippen molar-refractivity contribution >= 4 is 27.6 Å². The van der Waals surface area contributed by atoms with Crippen molar-refractivity contribution in [2.75, 3.05) is 5.73 Å². The van der Waals surface area contributed by atoms with E-state index in [1.165, 1.54) is 6.07 Å². The largest absolute Gasteiger partial charge is 0.478 e. The molecule has 0 heterocycles. The number of hydrogen-bond acceptors (Lipinski definition) is 2. The zero-order valence-electron chi connectivity index (χ0n) is 7.17. The molecule has 0 saturated carbocycles. The van der Waals surface area contributed by atoms with Crippen molar-refractivity contribution in [3.63, 3.8) is 0 Å². The van der Waals surface area contributed by atoms with Gasteiger partial charge < -0.3 is 10.8 Å². The first-order chi connectivity index (χ1) is 6.06. The molecular weight excluding hydrogens is 234 g/mol.